The van der Waals surface area contributed by atoms with Gasteiger partial charge in [-0.15, -0.1) is 0 Å². The molecule has 1 heterocycles. The van der Waals surface area contributed by atoms with Gasteiger partial charge in [0.2, 0.25) is 0 Å². The minimum absolute atomic E-state index is 0.00481. The zero-order valence-corrected chi connectivity index (χ0v) is 18.4. The fraction of sp³-hybridized carbons (Fsp3) is 0.364. The fourth-order valence-corrected chi connectivity index (χ4v) is 4.53. The highest BCUT2D eigenvalue weighted by Gasteiger charge is 2.23. The van der Waals surface area contributed by atoms with Crippen LogP contribution in [0.25, 0.3) is 10.2 Å². The van der Waals surface area contributed by atoms with E-state index in [1.54, 1.807) is 0 Å². The van der Waals surface area contributed by atoms with E-state index < -0.39 is 0 Å². The summed E-state index contributed by atoms with van der Waals surface area (Å²) < 4.78 is 0.990. The molecule has 0 aliphatic heterocycles. The van der Waals surface area contributed by atoms with Crippen LogP contribution in [0.1, 0.15) is 35.3 Å². The third-order valence-electron chi connectivity index (χ3n) is 4.96. The van der Waals surface area contributed by atoms with E-state index in [-0.39, 0.29) is 5.91 Å². The second-order valence-corrected chi connectivity index (χ2v) is 8.36. The summed E-state index contributed by atoms with van der Waals surface area (Å²) in [7, 11) is 0. The number of nitrogens with zero attached hydrogens (tertiary/aromatic N) is 3. The lowest BCUT2D eigenvalue weighted by molar-refractivity contribution is 0.0983. The number of rotatable bonds is 7. The van der Waals surface area contributed by atoms with E-state index in [2.05, 4.69) is 18.7 Å². The Bertz CT molecular complexity index is 981. The number of anilines is 1. The van der Waals surface area contributed by atoms with Gasteiger partial charge in [0.1, 0.15) is 0 Å². The van der Waals surface area contributed by atoms with Crippen molar-refractivity contribution in [2.24, 2.45) is 0 Å². The zero-order chi connectivity index (χ0) is 20.3. The molecule has 28 heavy (non-hydrogen) atoms. The normalized spacial score (nSPS) is 11.4. The monoisotopic (exact) mass is 415 g/mol. The Morgan fingerprint density at radius 1 is 1.07 bits per heavy atom. The van der Waals surface area contributed by atoms with Crippen LogP contribution in [0, 0.1) is 13.8 Å². The summed E-state index contributed by atoms with van der Waals surface area (Å²) in [5, 5.41) is 1.40. The molecule has 2 aromatic carbocycles. The number of fused-ring (bicyclic) bond motifs is 1. The molecule has 0 radical (unpaired) electrons. The Balaban J connectivity index is 1.98. The summed E-state index contributed by atoms with van der Waals surface area (Å²) in [5.74, 6) is -0.00481. The minimum Gasteiger partial charge on any atom is -0.302 e. The standard InChI is InChI=1S/C22H26ClN3OS/c1-5-25(6-2)11-12-26(21(27)18-9-7-15(3)13-16(18)4)22-24-19-10-8-17(23)14-20(19)28-22/h7-10,13-14H,5-6,11-12H2,1-4H3. The maximum Gasteiger partial charge on any atom is 0.260 e. The molecule has 0 spiro atoms. The van der Waals surface area contributed by atoms with Gasteiger partial charge in [0.15, 0.2) is 5.13 Å². The molecule has 148 valence electrons. The molecule has 3 rings (SSSR count). The van der Waals surface area contributed by atoms with Gasteiger partial charge >= 0.3 is 0 Å². The molecular weight excluding hydrogens is 390 g/mol. The molecule has 6 heteroatoms. The summed E-state index contributed by atoms with van der Waals surface area (Å²) in [6, 6.07) is 11.6. The average Bonchev–Trinajstić information content (AvgIpc) is 3.07. The number of halogens is 1. The van der Waals surface area contributed by atoms with Gasteiger partial charge in [0.05, 0.1) is 10.2 Å². The number of hydrogen-bond acceptors (Lipinski definition) is 4. The number of aromatic nitrogens is 1. The van der Waals surface area contributed by atoms with Gasteiger partial charge in [0.25, 0.3) is 5.91 Å². The molecule has 0 saturated heterocycles. The van der Waals surface area contributed by atoms with Crippen LogP contribution < -0.4 is 4.90 Å². The molecule has 4 nitrogen and oxygen atoms in total. The maximum absolute atomic E-state index is 13.5. The van der Waals surface area contributed by atoms with Crippen molar-refractivity contribution in [3.05, 3.63) is 58.1 Å². The van der Waals surface area contributed by atoms with Crippen LogP contribution in [0.3, 0.4) is 0 Å². The molecule has 0 saturated carbocycles. The van der Waals surface area contributed by atoms with E-state index in [4.69, 9.17) is 16.6 Å². The summed E-state index contributed by atoms with van der Waals surface area (Å²) in [5.41, 5.74) is 3.73. The lowest BCUT2D eigenvalue weighted by Gasteiger charge is -2.25. The fourth-order valence-electron chi connectivity index (χ4n) is 3.27. The number of carbonyl (C=O) groups excluding carboxylic acids is 1. The van der Waals surface area contributed by atoms with Crippen molar-refractivity contribution in [1.29, 1.82) is 0 Å². The van der Waals surface area contributed by atoms with Gasteiger partial charge in [-0.25, -0.2) is 4.98 Å². The third-order valence-corrected chi connectivity index (χ3v) is 6.24. The van der Waals surface area contributed by atoms with E-state index in [1.165, 1.54) is 11.3 Å². The molecule has 0 unspecified atom stereocenters. The molecular formula is C22H26ClN3OS. The van der Waals surface area contributed by atoms with Crippen molar-refractivity contribution >= 4 is 44.2 Å². The van der Waals surface area contributed by atoms with E-state index in [9.17, 15) is 4.79 Å². The Morgan fingerprint density at radius 2 is 1.82 bits per heavy atom. The van der Waals surface area contributed by atoms with E-state index in [0.29, 0.717) is 11.6 Å². The second-order valence-electron chi connectivity index (χ2n) is 6.91. The van der Waals surface area contributed by atoms with Gasteiger partial charge in [-0.3, -0.25) is 9.69 Å². The SMILES string of the molecule is CCN(CC)CCN(C(=O)c1ccc(C)cc1C)c1nc2ccc(Cl)cc2s1. The van der Waals surface area contributed by atoms with Crippen molar-refractivity contribution in [2.75, 3.05) is 31.1 Å². The van der Waals surface area contributed by atoms with Crippen LogP contribution in [0.2, 0.25) is 5.02 Å². The van der Waals surface area contributed by atoms with Crippen LogP contribution in [0.4, 0.5) is 5.13 Å². The van der Waals surface area contributed by atoms with Gasteiger partial charge in [-0.2, -0.15) is 0 Å². The minimum atomic E-state index is -0.00481. The molecule has 0 aliphatic carbocycles. The van der Waals surface area contributed by atoms with Crippen LogP contribution in [0.5, 0.6) is 0 Å². The smallest absolute Gasteiger partial charge is 0.260 e. The largest absolute Gasteiger partial charge is 0.302 e. The first-order chi connectivity index (χ1) is 13.4. The second kappa shape index (κ2) is 9.03. The highest BCUT2D eigenvalue weighted by Crippen LogP contribution is 2.31. The molecule has 0 bridgehead atoms. The molecule has 1 aromatic heterocycles. The van der Waals surface area contributed by atoms with E-state index in [0.717, 1.165) is 51.7 Å². The number of hydrogen-bond donors (Lipinski definition) is 0. The predicted molar refractivity (Wildman–Crippen MR) is 120 cm³/mol. The van der Waals surface area contributed by atoms with Crippen molar-refractivity contribution in [1.82, 2.24) is 9.88 Å². The molecule has 0 atom stereocenters. The van der Waals surface area contributed by atoms with Crippen LogP contribution in [-0.2, 0) is 0 Å². The van der Waals surface area contributed by atoms with Gasteiger partial charge in [-0.05, 0) is 56.8 Å². The number of likely N-dealkylation sites (N-methyl/N-ethyl adjacent to an activating group) is 1. The molecule has 1 amide bonds. The van der Waals surface area contributed by atoms with E-state index >= 15 is 0 Å². The van der Waals surface area contributed by atoms with Crippen molar-refractivity contribution in [3.8, 4) is 0 Å². The van der Waals surface area contributed by atoms with Crippen LogP contribution in [-0.4, -0.2) is 42.0 Å². The first kappa shape index (κ1) is 20.8. The maximum atomic E-state index is 13.5. The summed E-state index contributed by atoms with van der Waals surface area (Å²) in [4.78, 5) is 22.3. The van der Waals surface area contributed by atoms with Crippen molar-refractivity contribution in [2.45, 2.75) is 27.7 Å². The highest BCUT2D eigenvalue weighted by atomic mass is 35.5. The average molecular weight is 416 g/mol. The van der Waals surface area contributed by atoms with Gasteiger partial charge < -0.3 is 4.90 Å². The predicted octanol–water partition coefficient (Wildman–Crippen LogP) is 5.56. The number of carbonyl (C=O) groups is 1. The lowest BCUT2D eigenvalue weighted by atomic mass is 10.0. The van der Waals surface area contributed by atoms with Gasteiger partial charge in [0, 0.05) is 23.7 Å². The molecule has 3 aromatic rings. The van der Waals surface area contributed by atoms with Crippen LogP contribution >= 0.6 is 22.9 Å². The van der Waals surface area contributed by atoms with Crippen molar-refractivity contribution in [3.63, 3.8) is 0 Å². The molecule has 0 fully saturated rings. The van der Waals surface area contributed by atoms with Crippen LogP contribution in [0.15, 0.2) is 36.4 Å². The van der Waals surface area contributed by atoms with Crippen molar-refractivity contribution < 1.29 is 4.79 Å². The quantitative estimate of drug-likeness (QED) is 0.507. The third kappa shape index (κ3) is 4.54. The first-order valence-corrected chi connectivity index (χ1v) is 10.8. The lowest BCUT2D eigenvalue weighted by Crippen LogP contribution is -2.39. The number of benzene rings is 2. The Kier molecular flexibility index (Phi) is 6.70. The van der Waals surface area contributed by atoms with E-state index in [1.807, 2.05) is 55.1 Å². The van der Waals surface area contributed by atoms with Gasteiger partial charge in [-0.1, -0.05) is 54.5 Å². The summed E-state index contributed by atoms with van der Waals surface area (Å²) >= 11 is 7.64. The number of amides is 1. The Morgan fingerprint density at radius 3 is 2.50 bits per heavy atom. The summed E-state index contributed by atoms with van der Waals surface area (Å²) in [6.07, 6.45) is 0. The topological polar surface area (TPSA) is 36.4 Å². The number of thiazole rings is 1. The zero-order valence-electron chi connectivity index (χ0n) is 16.8. The Hall–Kier alpha value is -1.95. The Labute approximate surface area is 175 Å². The number of aryl methyl sites for hydroxylation is 2. The highest BCUT2D eigenvalue weighted by molar-refractivity contribution is 7.22. The molecule has 0 aliphatic rings. The molecule has 0 N–H and O–H groups in total. The summed E-state index contributed by atoms with van der Waals surface area (Å²) in [6.45, 7) is 11.6. The first-order valence-electron chi connectivity index (χ1n) is 9.60.